The second kappa shape index (κ2) is 3.06. The van der Waals surface area contributed by atoms with E-state index in [1.165, 1.54) is 0 Å². The van der Waals surface area contributed by atoms with Gasteiger partial charge in [-0.2, -0.15) is 0 Å². The third-order valence-electron chi connectivity index (χ3n) is 1.64. The average molecular weight is 179 g/mol. The van der Waals surface area contributed by atoms with Crippen molar-refractivity contribution in [2.75, 3.05) is 0 Å². The molecule has 12 heavy (non-hydrogen) atoms. The van der Waals surface area contributed by atoms with E-state index in [-0.39, 0.29) is 0 Å². The lowest BCUT2D eigenvalue weighted by atomic mass is 10.4. The lowest BCUT2D eigenvalue weighted by molar-refractivity contribution is 1.06. The van der Waals surface area contributed by atoms with Crippen molar-refractivity contribution in [3.05, 3.63) is 23.6 Å². The van der Waals surface area contributed by atoms with Gasteiger partial charge < -0.3 is 4.98 Å². The Balaban J connectivity index is 2.35. The van der Waals surface area contributed by atoms with Gasteiger partial charge in [0.05, 0.1) is 23.9 Å². The van der Waals surface area contributed by atoms with Crippen LogP contribution in [0.15, 0.2) is 17.9 Å². The number of hydrogen-bond acceptors (Lipinski definition) is 3. The van der Waals surface area contributed by atoms with E-state index in [0.29, 0.717) is 0 Å². The van der Waals surface area contributed by atoms with E-state index >= 15 is 0 Å². The second-order valence-corrected chi connectivity index (χ2v) is 3.32. The first-order valence-corrected chi connectivity index (χ1v) is 4.71. The van der Waals surface area contributed by atoms with Crippen molar-refractivity contribution in [3.8, 4) is 10.7 Å². The van der Waals surface area contributed by atoms with Crippen molar-refractivity contribution in [1.82, 2.24) is 15.0 Å². The molecule has 0 aliphatic carbocycles. The molecule has 3 nitrogen and oxygen atoms in total. The summed E-state index contributed by atoms with van der Waals surface area (Å²) in [6.45, 7) is 2.10. The predicted molar refractivity (Wildman–Crippen MR) is 49.1 cm³/mol. The van der Waals surface area contributed by atoms with Crippen LogP contribution in [0.5, 0.6) is 0 Å². The number of aromatic amines is 1. The van der Waals surface area contributed by atoms with Crippen molar-refractivity contribution >= 4 is 11.3 Å². The van der Waals surface area contributed by atoms with Crippen LogP contribution in [0.2, 0.25) is 0 Å². The maximum atomic E-state index is 4.42. The quantitative estimate of drug-likeness (QED) is 0.767. The van der Waals surface area contributed by atoms with Gasteiger partial charge in [0.1, 0.15) is 5.01 Å². The van der Waals surface area contributed by atoms with Crippen molar-refractivity contribution in [2.45, 2.75) is 13.3 Å². The molecule has 2 aromatic rings. The smallest absolute Gasteiger partial charge is 0.141 e. The number of rotatable bonds is 2. The fraction of sp³-hybridized carbons (Fsp3) is 0.250. The van der Waals surface area contributed by atoms with Gasteiger partial charge in [-0.1, -0.05) is 6.92 Å². The molecular formula is C8H9N3S. The topological polar surface area (TPSA) is 41.6 Å². The minimum absolute atomic E-state index is 0.991. The largest absolute Gasteiger partial charge is 0.343 e. The van der Waals surface area contributed by atoms with Crippen LogP contribution in [0.1, 0.15) is 12.6 Å². The molecule has 1 N–H and O–H groups in total. The molecule has 0 saturated heterocycles. The Morgan fingerprint density at radius 1 is 1.58 bits per heavy atom. The number of nitrogens with zero attached hydrogens (tertiary/aromatic N) is 2. The highest BCUT2D eigenvalue weighted by atomic mass is 32.1. The van der Waals surface area contributed by atoms with Crippen LogP contribution in [-0.2, 0) is 6.42 Å². The van der Waals surface area contributed by atoms with Crippen LogP contribution in [-0.4, -0.2) is 15.0 Å². The van der Waals surface area contributed by atoms with E-state index in [9.17, 15) is 0 Å². The fourth-order valence-corrected chi connectivity index (χ4v) is 1.84. The molecule has 0 aromatic carbocycles. The number of thiazole rings is 1. The summed E-state index contributed by atoms with van der Waals surface area (Å²) < 4.78 is 0. The summed E-state index contributed by atoms with van der Waals surface area (Å²) >= 11 is 1.65. The SMILES string of the molecule is CCc1csc(-c2cnc[nH]2)n1. The minimum Gasteiger partial charge on any atom is -0.343 e. The Hall–Kier alpha value is -1.16. The molecular weight excluding hydrogens is 170 g/mol. The minimum atomic E-state index is 0.991. The Labute approximate surface area is 74.5 Å². The van der Waals surface area contributed by atoms with E-state index in [4.69, 9.17) is 0 Å². The van der Waals surface area contributed by atoms with E-state index < -0.39 is 0 Å². The van der Waals surface area contributed by atoms with Gasteiger partial charge >= 0.3 is 0 Å². The van der Waals surface area contributed by atoms with E-state index in [2.05, 4.69) is 27.3 Å². The Morgan fingerprint density at radius 2 is 2.50 bits per heavy atom. The number of H-pyrrole nitrogens is 1. The van der Waals surface area contributed by atoms with Gasteiger partial charge in [0.25, 0.3) is 0 Å². The van der Waals surface area contributed by atoms with Crippen molar-refractivity contribution in [2.24, 2.45) is 0 Å². The van der Waals surface area contributed by atoms with Gasteiger partial charge in [0, 0.05) is 5.38 Å². The predicted octanol–water partition coefficient (Wildman–Crippen LogP) is 2.10. The summed E-state index contributed by atoms with van der Waals surface area (Å²) in [7, 11) is 0. The first-order chi connectivity index (χ1) is 5.90. The summed E-state index contributed by atoms with van der Waals surface area (Å²) in [4.78, 5) is 11.4. The van der Waals surface area contributed by atoms with Crippen molar-refractivity contribution in [1.29, 1.82) is 0 Å². The molecule has 2 rings (SSSR count). The normalized spacial score (nSPS) is 10.4. The van der Waals surface area contributed by atoms with Gasteiger partial charge in [0.2, 0.25) is 0 Å². The molecule has 0 aliphatic rings. The van der Waals surface area contributed by atoms with E-state index in [0.717, 1.165) is 22.8 Å². The molecule has 0 atom stereocenters. The Bertz CT molecular complexity index is 350. The van der Waals surface area contributed by atoms with E-state index in [1.807, 2.05) is 0 Å². The molecule has 62 valence electrons. The fourth-order valence-electron chi connectivity index (χ4n) is 0.966. The lowest BCUT2D eigenvalue weighted by Gasteiger charge is -1.86. The molecule has 0 radical (unpaired) electrons. The van der Waals surface area contributed by atoms with Gasteiger partial charge in [-0.3, -0.25) is 0 Å². The number of aromatic nitrogens is 3. The van der Waals surface area contributed by atoms with Crippen molar-refractivity contribution < 1.29 is 0 Å². The zero-order valence-electron chi connectivity index (χ0n) is 6.74. The van der Waals surface area contributed by atoms with Gasteiger partial charge in [-0.15, -0.1) is 11.3 Å². The van der Waals surface area contributed by atoms with Crippen LogP contribution in [0.4, 0.5) is 0 Å². The number of aryl methyl sites for hydroxylation is 1. The maximum Gasteiger partial charge on any atom is 0.141 e. The third-order valence-corrected chi connectivity index (χ3v) is 2.57. The monoisotopic (exact) mass is 179 g/mol. The molecule has 0 amide bonds. The summed E-state index contributed by atoms with van der Waals surface area (Å²) in [5, 5.41) is 3.10. The molecule has 0 spiro atoms. The molecule has 2 heterocycles. The molecule has 4 heteroatoms. The van der Waals surface area contributed by atoms with Gasteiger partial charge in [-0.25, -0.2) is 9.97 Å². The first kappa shape index (κ1) is 7.49. The molecule has 2 aromatic heterocycles. The first-order valence-electron chi connectivity index (χ1n) is 3.83. The lowest BCUT2D eigenvalue weighted by Crippen LogP contribution is -1.79. The van der Waals surface area contributed by atoms with Crippen LogP contribution in [0, 0.1) is 0 Å². The molecule has 0 fully saturated rings. The van der Waals surface area contributed by atoms with Crippen LogP contribution >= 0.6 is 11.3 Å². The molecule has 0 unspecified atom stereocenters. The summed E-state index contributed by atoms with van der Waals surface area (Å²) in [6.07, 6.45) is 4.45. The molecule has 0 bridgehead atoms. The highest BCUT2D eigenvalue weighted by Crippen LogP contribution is 2.20. The zero-order chi connectivity index (χ0) is 8.39. The van der Waals surface area contributed by atoms with Crippen LogP contribution < -0.4 is 0 Å². The maximum absolute atomic E-state index is 4.42. The zero-order valence-corrected chi connectivity index (χ0v) is 7.56. The van der Waals surface area contributed by atoms with Gasteiger partial charge in [0.15, 0.2) is 0 Å². The van der Waals surface area contributed by atoms with Gasteiger partial charge in [-0.05, 0) is 6.42 Å². The Morgan fingerprint density at radius 3 is 3.08 bits per heavy atom. The van der Waals surface area contributed by atoms with Crippen LogP contribution in [0.25, 0.3) is 10.7 Å². The number of hydrogen-bond donors (Lipinski definition) is 1. The molecule has 0 aliphatic heterocycles. The summed E-state index contributed by atoms with van der Waals surface area (Å²) in [5.74, 6) is 0. The third kappa shape index (κ3) is 1.25. The molecule has 0 saturated carbocycles. The Kier molecular flexibility index (Phi) is 1.91. The second-order valence-electron chi connectivity index (χ2n) is 2.46. The highest BCUT2D eigenvalue weighted by molar-refractivity contribution is 7.13. The number of imidazole rings is 1. The standard InChI is InChI=1S/C8H9N3S/c1-2-6-4-12-8(11-6)7-3-9-5-10-7/h3-5H,2H2,1H3,(H,9,10). The number of nitrogens with one attached hydrogen (secondary N) is 1. The summed E-state index contributed by atoms with van der Waals surface area (Å²) in [5.41, 5.74) is 2.14. The average Bonchev–Trinajstić information content (AvgIpc) is 2.75. The summed E-state index contributed by atoms with van der Waals surface area (Å²) in [6, 6.07) is 0. The van der Waals surface area contributed by atoms with E-state index in [1.54, 1.807) is 23.9 Å². The highest BCUT2D eigenvalue weighted by Gasteiger charge is 2.03. The van der Waals surface area contributed by atoms with Crippen molar-refractivity contribution in [3.63, 3.8) is 0 Å². The van der Waals surface area contributed by atoms with Crippen LogP contribution in [0.3, 0.4) is 0 Å².